The van der Waals surface area contributed by atoms with E-state index >= 15 is 0 Å². The van der Waals surface area contributed by atoms with Crippen LogP contribution in [0.4, 0.5) is 0 Å². The molecular weight excluding hydrogens is 300 g/mol. The number of aryl methyl sites for hydroxylation is 1. The Bertz CT molecular complexity index is 727. The van der Waals surface area contributed by atoms with Gasteiger partial charge in [0.05, 0.1) is 5.69 Å². The van der Waals surface area contributed by atoms with Crippen molar-refractivity contribution in [3.05, 3.63) is 54.4 Å². The monoisotopic (exact) mass is 322 g/mol. The van der Waals surface area contributed by atoms with Crippen molar-refractivity contribution in [2.45, 2.75) is 32.6 Å². The fraction of sp³-hybridized carbons (Fsp3) is 0.368. The van der Waals surface area contributed by atoms with Crippen molar-refractivity contribution in [3.63, 3.8) is 0 Å². The van der Waals surface area contributed by atoms with Gasteiger partial charge in [-0.2, -0.15) is 0 Å². The fourth-order valence-electron chi connectivity index (χ4n) is 2.96. The number of carbonyl (C=O) groups is 1. The molecular formula is C19H22N4O. The first-order chi connectivity index (χ1) is 11.7. The van der Waals surface area contributed by atoms with Gasteiger partial charge in [-0.25, -0.2) is 9.97 Å². The number of amides is 1. The van der Waals surface area contributed by atoms with Crippen molar-refractivity contribution in [2.24, 2.45) is 5.92 Å². The summed E-state index contributed by atoms with van der Waals surface area (Å²) in [4.78, 5) is 25.1. The first-order valence-corrected chi connectivity index (χ1v) is 8.39. The second kappa shape index (κ2) is 7.81. The summed E-state index contributed by atoms with van der Waals surface area (Å²) in [6.45, 7) is 2.47. The third-order valence-corrected chi connectivity index (χ3v) is 4.28. The lowest BCUT2D eigenvalue weighted by Gasteiger charge is -2.17. The van der Waals surface area contributed by atoms with E-state index in [9.17, 15) is 4.79 Å². The summed E-state index contributed by atoms with van der Waals surface area (Å²) in [6.07, 6.45) is 13.1. The van der Waals surface area contributed by atoms with Crippen LogP contribution in [-0.4, -0.2) is 27.4 Å². The molecule has 0 radical (unpaired) electrons. The van der Waals surface area contributed by atoms with Gasteiger partial charge in [-0.05, 0) is 43.9 Å². The Labute approximate surface area is 142 Å². The van der Waals surface area contributed by atoms with Crippen molar-refractivity contribution in [1.29, 1.82) is 0 Å². The van der Waals surface area contributed by atoms with Gasteiger partial charge in [-0.1, -0.05) is 12.2 Å². The van der Waals surface area contributed by atoms with Gasteiger partial charge in [0.15, 0.2) is 0 Å². The zero-order chi connectivity index (χ0) is 16.8. The summed E-state index contributed by atoms with van der Waals surface area (Å²) in [6, 6.07) is 3.90. The molecule has 1 atom stereocenters. The SMILES string of the molecule is Cc1ncc(-c2ccncc2)c(CCNC(=O)[C@H]2CC=CCC2)n1. The maximum Gasteiger partial charge on any atom is 0.223 e. The maximum absolute atomic E-state index is 12.2. The summed E-state index contributed by atoms with van der Waals surface area (Å²) in [5.74, 6) is 1.00. The second-order valence-electron chi connectivity index (χ2n) is 6.04. The highest BCUT2D eigenvalue weighted by Gasteiger charge is 2.18. The molecule has 1 amide bonds. The van der Waals surface area contributed by atoms with E-state index in [1.807, 2.05) is 25.3 Å². The molecule has 124 valence electrons. The summed E-state index contributed by atoms with van der Waals surface area (Å²) >= 11 is 0. The van der Waals surface area contributed by atoms with E-state index in [1.54, 1.807) is 12.4 Å². The average Bonchev–Trinajstić information content (AvgIpc) is 2.63. The van der Waals surface area contributed by atoms with Crippen LogP contribution >= 0.6 is 0 Å². The molecule has 24 heavy (non-hydrogen) atoms. The number of hydrogen-bond acceptors (Lipinski definition) is 4. The summed E-state index contributed by atoms with van der Waals surface area (Å²) in [7, 11) is 0. The molecule has 3 rings (SSSR count). The highest BCUT2D eigenvalue weighted by atomic mass is 16.1. The molecule has 1 N–H and O–H groups in total. The normalized spacial score (nSPS) is 16.8. The Morgan fingerprint density at radius 2 is 2.12 bits per heavy atom. The van der Waals surface area contributed by atoms with Gasteiger partial charge in [0.2, 0.25) is 5.91 Å². The molecule has 2 aromatic rings. The first-order valence-electron chi connectivity index (χ1n) is 8.39. The number of nitrogens with zero attached hydrogens (tertiary/aromatic N) is 3. The molecule has 2 aromatic heterocycles. The zero-order valence-corrected chi connectivity index (χ0v) is 13.9. The second-order valence-corrected chi connectivity index (χ2v) is 6.04. The number of pyridine rings is 1. The molecule has 1 aliphatic rings. The van der Waals surface area contributed by atoms with Crippen LogP contribution in [-0.2, 0) is 11.2 Å². The van der Waals surface area contributed by atoms with Crippen molar-refractivity contribution in [3.8, 4) is 11.1 Å². The fourth-order valence-corrected chi connectivity index (χ4v) is 2.96. The van der Waals surface area contributed by atoms with Crippen LogP contribution in [0.25, 0.3) is 11.1 Å². The van der Waals surface area contributed by atoms with Crippen molar-refractivity contribution < 1.29 is 4.79 Å². The molecule has 5 nitrogen and oxygen atoms in total. The highest BCUT2D eigenvalue weighted by molar-refractivity contribution is 5.79. The minimum atomic E-state index is 0.113. The minimum Gasteiger partial charge on any atom is -0.355 e. The number of rotatable bonds is 5. The van der Waals surface area contributed by atoms with Crippen molar-refractivity contribution >= 4 is 5.91 Å². The van der Waals surface area contributed by atoms with Gasteiger partial charge in [-0.15, -0.1) is 0 Å². The lowest BCUT2D eigenvalue weighted by Crippen LogP contribution is -2.32. The summed E-state index contributed by atoms with van der Waals surface area (Å²) in [5, 5.41) is 3.05. The molecule has 2 heterocycles. The number of hydrogen-bond donors (Lipinski definition) is 1. The molecule has 0 fully saturated rings. The Balaban J connectivity index is 1.65. The molecule has 0 spiro atoms. The minimum absolute atomic E-state index is 0.113. The summed E-state index contributed by atoms with van der Waals surface area (Å²) in [5.41, 5.74) is 3.00. The van der Waals surface area contributed by atoms with Crippen LogP contribution in [0.15, 0.2) is 42.9 Å². The van der Waals surface area contributed by atoms with E-state index in [4.69, 9.17) is 0 Å². The third-order valence-electron chi connectivity index (χ3n) is 4.28. The van der Waals surface area contributed by atoms with E-state index in [0.717, 1.165) is 41.9 Å². The van der Waals surface area contributed by atoms with Crippen LogP contribution in [0.3, 0.4) is 0 Å². The largest absolute Gasteiger partial charge is 0.355 e. The Morgan fingerprint density at radius 3 is 2.88 bits per heavy atom. The van der Waals surface area contributed by atoms with Crippen LogP contribution in [0.1, 0.15) is 30.8 Å². The molecule has 0 saturated heterocycles. The molecule has 5 heteroatoms. The van der Waals surface area contributed by atoms with Gasteiger partial charge in [0.25, 0.3) is 0 Å². The topological polar surface area (TPSA) is 67.8 Å². The zero-order valence-electron chi connectivity index (χ0n) is 13.9. The van der Waals surface area contributed by atoms with E-state index < -0.39 is 0 Å². The van der Waals surface area contributed by atoms with E-state index in [1.165, 1.54) is 0 Å². The van der Waals surface area contributed by atoms with E-state index in [2.05, 4.69) is 32.4 Å². The standard InChI is InChI=1S/C19H22N4O/c1-14-22-13-17(15-7-10-20-11-8-15)18(23-14)9-12-21-19(24)16-5-3-2-4-6-16/h2-3,7-8,10-11,13,16H,4-6,9,12H2,1H3,(H,21,24)/t16-/m0/s1. The maximum atomic E-state index is 12.2. The van der Waals surface area contributed by atoms with Crippen molar-refractivity contribution in [1.82, 2.24) is 20.3 Å². The van der Waals surface area contributed by atoms with Gasteiger partial charge in [-0.3, -0.25) is 9.78 Å². The van der Waals surface area contributed by atoms with Gasteiger partial charge in [0, 0.05) is 43.0 Å². The highest BCUT2D eigenvalue weighted by Crippen LogP contribution is 2.21. The number of nitrogens with one attached hydrogen (secondary N) is 1. The van der Waals surface area contributed by atoms with Gasteiger partial charge in [0.1, 0.15) is 5.82 Å². The van der Waals surface area contributed by atoms with Crippen LogP contribution in [0.2, 0.25) is 0 Å². The van der Waals surface area contributed by atoms with Crippen LogP contribution < -0.4 is 5.32 Å². The molecule has 0 bridgehead atoms. The summed E-state index contributed by atoms with van der Waals surface area (Å²) < 4.78 is 0. The van der Waals surface area contributed by atoms with E-state index in [-0.39, 0.29) is 11.8 Å². The van der Waals surface area contributed by atoms with Crippen molar-refractivity contribution in [2.75, 3.05) is 6.54 Å². The molecule has 0 aromatic carbocycles. The molecule has 0 aliphatic heterocycles. The quantitative estimate of drug-likeness (QED) is 0.860. The third kappa shape index (κ3) is 4.04. The van der Waals surface area contributed by atoms with Crippen LogP contribution in [0, 0.1) is 12.8 Å². The number of aromatic nitrogens is 3. The van der Waals surface area contributed by atoms with Gasteiger partial charge >= 0.3 is 0 Å². The predicted octanol–water partition coefficient (Wildman–Crippen LogP) is 2.86. The first kappa shape index (κ1) is 16.3. The molecule has 1 aliphatic carbocycles. The average molecular weight is 322 g/mol. The molecule has 0 unspecified atom stereocenters. The molecule has 0 saturated carbocycles. The Morgan fingerprint density at radius 1 is 1.29 bits per heavy atom. The van der Waals surface area contributed by atoms with E-state index in [0.29, 0.717) is 13.0 Å². The lowest BCUT2D eigenvalue weighted by molar-refractivity contribution is -0.125. The smallest absolute Gasteiger partial charge is 0.223 e. The van der Waals surface area contributed by atoms with Crippen LogP contribution in [0.5, 0.6) is 0 Å². The van der Waals surface area contributed by atoms with Gasteiger partial charge < -0.3 is 5.32 Å². The number of carbonyl (C=O) groups excluding carboxylic acids is 1. The Hall–Kier alpha value is -2.56. The number of allylic oxidation sites excluding steroid dienone is 2. The Kier molecular flexibility index (Phi) is 5.31. The predicted molar refractivity (Wildman–Crippen MR) is 93.2 cm³/mol. The lowest BCUT2D eigenvalue weighted by atomic mass is 9.93.